The summed E-state index contributed by atoms with van der Waals surface area (Å²) in [6.45, 7) is 3.71. The van der Waals surface area contributed by atoms with Gasteiger partial charge in [0.1, 0.15) is 11.9 Å². The van der Waals surface area contributed by atoms with Crippen molar-refractivity contribution >= 4 is 29.0 Å². The summed E-state index contributed by atoms with van der Waals surface area (Å²) in [7, 11) is 0. The Labute approximate surface area is 144 Å². The Morgan fingerprint density at radius 3 is 3.08 bits per heavy atom. The number of nitrogens with two attached hydrogens (primary N) is 1. The van der Waals surface area contributed by atoms with Crippen molar-refractivity contribution < 1.29 is 9.59 Å². The number of hydrogen-bond donors (Lipinski definition) is 2. The molecular formula is C16H21N5O2S. The lowest BCUT2D eigenvalue weighted by Crippen LogP contribution is -2.43. The molecule has 3 rings (SSSR count). The van der Waals surface area contributed by atoms with E-state index in [0.29, 0.717) is 18.9 Å². The first-order chi connectivity index (χ1) is 11.5. The monoisotopic (exact) mass is 347 g/mol. The zero-order chi connectivity index (χ0) is 17.1. The number of nitrogens with one attached hydrogen (secondary N) is 1. The first-order valence-corrected chi connectivity index (χ1v) is 8.83. The summed E-state index contributed by atoms with van der Waals surface area (Å²) in [6, 6.07) is 3.53. The number of hydrogen-bond acceptors (Lipinski definition) is 5. The van der Waals surface area contributed by atoms with Crippen LogP contribution >= 0.6 is 11.3 Å². The van der Waals surface area contributed by atoms with Gasteiger partial charge in [0.2, 0.25) is 11.8 Å². The molecule has 7 nitrogen and oxygen atoms in total. The molecule has 24 heavy (non-hydrogen) atoms. The fraction of sp³-hybridized carbons (Fsp3) is 0.438. The molecule has 0 radical (unpaired) electrons. The Hall–Kier alpha value is -2.35. The number of amides is 2. The van der Waals surface area contributed by atoms with Crippen LogP contribution in [-0.4, -0.2) is 39.1 Å². The van der Waals surface area contributed by atoms with Crippen LogP contribution in [0.3, 0.4) is 0 Å². The Morgan fingerprint density at radius 1 is 1.46 bits per heavy atom. The minimum Gasteiger partial charge on any atom is -0.370 e. The van der Waals surface area contributed by atoms with Crippen LogP contribution in [0.5, 0.6) is 0 Å². The Bertz CT molecular complexity index is 738. The number of aromatic nitrogens is 2. The molecule has 3 N–H and O–H groups in total. The van der Waals surface area contributed by atoms with Gasteiger partial charge in [0.15, 0.2) is 0 Å². The second-order valence-corrected chi connectivity index (χ2v) is 6.93. The minimum atomic E-state index is -0.360. The molecule has 0 spiro atoms. The summed E-state index contributed by atoms with van der Waals surface area (Å²) in [4.78, 5) is 26.7. The van der Waals surface area contributed by atoms with E-state index in [1.54, 1.807) is 28.3 Å². The Kier molecular flexibility index (Phi) is 4.84. The van der Waals surface area contributed by atoms with Crippen LogP contribution in [0.4, 0.5) is 5.82 Å². The zero-order valence-electron chi connectivity index (χ0n) is 13.6. The molecule has 1 aliphatic heterocycles. The lowest BCUT2D eigenvalue weighted by atomic mass is 10.1. The lowest BCUT2D eigenvalue weighted by Gasteiger charge is -2.29. The maximum Gasteiger partial charge on any atom is 0.245 e. The number of fused-ring (bicyclic) bond motifs is 1. The van der Waals surface area contributed by atoms with E-state index in [0.717, 1.165) is 13.0 Å². The standard InChI is InChI=1S/C16H21N5O2S/c1-11(18-15-4-8-21(19-15)7-3-14(17)22)16(23)20-6-2-13-12(10-20)5-9-24-13/h4-5,8-9,11H,2-3,6-7,10H2,1H3,(H2,17,22)(H,18,19). The smallest absolute Gasteiger partial charge is 0.245 e. The fourth-order valence-corrected chi connectivity index (χ4v) is 3.67. The lowest BCUT2D eigenvalue weighted by molar-refractivity contribution is -0.132. The molecule has 8 heteroatoms. The number of carbonyl (C=O) groups is 2. The molecule has 0 aromatic carbocycles. The van der Waals surface area contributed by atoms with Crippen molar-refractivity contribution in [1.82, 2.24) is 14.7 Å². The van der Waals surface area contributed by atoms with Crippen LogP contribution < -0.4 is 11.1 Å². The van der Waals surface area contributed by atoms with Gasteiger partial charge in [-0.3, -0.25) is 14.3 Å². The molecule has 3 heterocycles. The molecule has 128 valence electrons. The van der Waals surface area contributed by atoms with Crippen molar-refractivity contribution in [2.75, 3.05) is 11.9 Å². The van der Waals surface area contributed by atoms with E-state index < -0.39 is 0 Å². The summed E-state index contributed by atoms with van der Waals surface area (Å²) in [6.07, 6.45) is 2.93. The molecule has 2 aromatic rings. The van der Waals surface area contributed by atoms with E-state index in [2.05, 4.69) is 21.9 Å². The third-order valence-corrected chi connectivity index (χ3v) is 5.11. The highest BCUT2D eigenvalue weighted by Crippen LogP contribution is 2.24. The molecular weight excluding hydrogens is 326 g/mol. The van der Waals surface area contributed by atoms with Gasteiger partial charge in [-0.15, -0.1) is 11.3 Å². The summed E-state index contributed by atoms with van der Waals surface area (Å²) in [5.41, 5.74) is 6.38. The maximum absolute atomic E-state index is 12.6. The van der Waals surface area contributed by atoms with Gasteiger partial charge in [-0.05, 0) is 30.4 Å². The van der Waals surface area contributed by atoms with Crippen molar-refractivity contribution in [1.29, 1.82) is 0 Å². The van der Waals surface area contributed by atoms with E-state index in [-0.39, 0.29) is 24.3 Å². The van der Waals surface area contributed by atoms with Crippen LogP contribution in [0.25, 0.3) is 0 Å². The number of anilines is 1. The molecule has 1 aliphatic rings. The maximum atomic E-state index is 12.6. The van der Waals surface area contributed by atoms with Crippen molar-refractivity contribution in [2.24, 2.45) is 5.73 Å². The highest BCUT2D eigenvalue weighted by atomic mass is 32.1. The van der Waals surface area contributed by atoms with Gasteiger partial charge in [-0.1, -0.05) is 0 Å². The second kappa shape index (κ2) is 7.04. The molecule has 0 saturated heterocycles. The van der Waals surface area contributed by atoms with Crippen LogP contribution in [0.15, 0.2) is 23.7 Å². The van der Waals surface area contributed by atoms with Crippen LogP contribution in [0, 0.1) is 0 Å². The molecule has 1 atom stereocenters. The molecule has 0 fully saturated rings. The number of rotatable bonds is 6. The number of carbonyl (C=O) groups excluding carboxylic acids is 2. The van der Waals surface area contributed by atoms with Gasteiger partial charge < -0.3 is 16.0 Å². The van der Waals surface area contributed by atoms with Crippen LogP contribution in [-0.2, 0) is 29.1 Å². The van der Waals surface area contributed by atoms with Gasteiger partial charge in [-0.2, -0.15) is 5.10 Å². The van der Waals surface area contributed by atoms with Gasteiger partial charge in [0.05, 0.1) is 0 Å². The third kappa shape index (κ3) is 3.76. The third-order valence-electron chi connectivity index (χ3n) is 4.08. The predicted molar refractivity (Wildman–Crippen MR) is 92.6 cm³/mol. The normalized spacial score (nSPS) is 15.0. The summed E-state index contributed by atoms with van der Waals surface area (Å²) in [5, 5.41) is 9.52. The van der Waals surface area contributed by atoms with Crippen LogP contribution in [0.2, 0.25) is 0 Å². The Balaban J connectivity index is 1.56. The quantitative estimate of drug-likeness (QED) is 0.821. The molecule has 2 aromatic heterocycles. The molecule has 1 unspecified atom stereocenters. The van der Waals surface area contributed by atoms with Crippen molar-refractivity contribution in [2.45, 2.75) is 38.9 Å². The molecule has 2 amide bonds. The summed E-state index contributed by atoms with van der Waals surface area (Å²) >= 11 is 1.76. The predicted octanol–water partition coefficient (Wildman–Crippen LogP) is 1.21. The van der Waals surface area contributed by atoms with E-state index in [1.807, 2.05) is 11.8 Å². The Morgan fingerprint density at radius 2 is 2.29 bits per heavy atom. The number of aryl methyl sites for hydroxylation is 1. The average Bonchev–Trinajstić information content (AvgIpc) is 3.20. The second-order valence-electron chi connectivity index (χ2n) is 5.93. The first-order valence-electron chi connectivity index (χ1n) is 7.95. The number of thiophene rings is 1. The fourth-order valence-electron chi connectivity index (χ4n) is 2.78. The van der Waals surface area contributed by atoms with Crippen molar-refractivity contribution in [3.63, 3.8) is 0 Å². The van der Waals surface area contributed by atoms with Gasteiger partial charge in [-0.25, -0.2) is 0 Å². The van der Waals surface area contributed by atoms with E-state index >= 15 is 0 Å². The van der Waals surface area contributed by atoms with E-state index in [1.165, 1.54) is 10.4 Å². The van der Waals surface area contributed by atoms with Crippen LogP contribution in [0.1, 0.15) is 23.8 Å². The molecule has 0 bridgehead atoms. The average molecular weight is 347 g/mol. The highest BCUT2D eigenvalue weighted by Gasteiger charge is 2.25. The van der Waals surface area contributed by atoms with Gasteiger partial charge >= 0.3 is 0 Å². The zero-order valence-corrected chi connectivity index (χ0v) is 14.4. The topological polar surface area (TPSA) is 93.2 Å². The first kappa shape index (κ1) is 16.5. The summed E-state index contributed by atoms with van der Waals surface area (Å²) < 4.78 is 1.64. The van der Waals surface area contributed by atoms with Gasteiger partial charge in [0.25, 0.3) is 0 Å². The minimum absolute atomic E-state index is 0.0681. The highest BCUT2D eigenvalue weighted by molar-refractivity contribution is 7.10. The SMILES string of the molecule is CC(Nc1ccn(CCC(N)=O)n1)C(=O)N1CCc2sccc2C1. The summed E-state index contributed by atoms with van der Waals surface area (Å²) in [5.74, 6) is 0.327. The largest absolute Gasteiger partial charge is 0.370 e. The molecule has 0 saturated carbocycles. The van der Waals surface area contributed by atoms with Crippen molar-refractivity contribution in [3.05, 3.63) is 34.2 Å². The van der Waals surface area contributed by atoms with E-state index in [9.17, 15) is 9.59 Å². The molecule has 0 aliphatic carbocycles. The van der Waals surface area contributed by atoms with E-state index in [4.69, 9.17) is 5.73 Å². The number of nitrogens with zero attached hydrogens (tertiary/aromatic N) is 3. The van der Waals surface area contributed by atoms with Gasteiger partial charge in [0, 0.05) is 43.2 Å². The number of primary amides is 1. The van der Waals surface area contributed by atoms with Crippen molar-refractivity contribution in [3.8, 4) is 0 Å².